The van der Waals surface area contributed by atoms with E-state index in [-0.39, 0.29) is 5.82 Å². The quantitative estimate of drug-likeness (QED) is 0.313. The van der Waals surface area contributed by atoms with Crippen molar-refractivity contribution in [2.45, 2.75) is 20.3 Å². The molecule has 0 unspecified atom stereocenters. The normalized spacial score (nSPS) is 11.3. The van der Waals surface area contributed by atoms with E-state index in [2.05, 4.69) is 35.8 Å². The summed E-state index contributed by atoms with van der Waals surface area (Å²) in [4.78, 5) is 11.8. The molecule has 0 bridgehead atoms. The van der Waals surface area contributed by atoms with Gasteiger partial charge in [-0.2, -0.15) is 5.10 Å². The molecule has 0 saturated heterocycles. The Bertz CT molecular complexity index is 1390. The maximum Gasteiger partial charge on any atom is 0.147 e. The Morgan fingerprint density at radius 2 is 1.90 bits per heavy atom. The van der Waals surface area contributed by atoms with Gasteiger partial charge >= 0.3 is 0 Å². The van der Waals surface area contributed by atoms with Gasteiger partial charge in [0.15, 0.2) is 0 Å². The Hall–Kier alpha value is -3.94. The summed E-state index contributed by atoms with van der Waals surface area (Å²) in [5.41, 5.74) is 5.63. The molecule has 0 aliphatic rings. The number of fused-ring (bicyclic) bond motifs is 2. The molecule has 5 aromatic rings. The average molecular weight is 415 g/mol. The zero-order valence-electron chi connectivity index (χ0n) is 17.3. The fourth-order valence-corrected chi connectivity index (χ4v) is 3.96. The summed E-state index contributed by atoms with van der Waals surface area (Å²) < 4.78 is 14.2. The standard InChI is InChI=1S/C23H22FN7/c1-13-3-6-18(24)23-22(13)17(14(2)29-23)7-8-25-20-10-21(27-12-26-20)30-16-5-4-15-11-28-31-19(15)9-16/h3-6,9-12,29H,7-8H2,1-2H3,(H,28,31)(H2,25,26,27,30). The second-order valence-corrected chi connectivity index (χ2v) is 7.61. The number of benzene rings is 2. The van der Waals surface area contributed by atoms with E-state index in [0.717, 1.165) is 51.0 Å². The zero-order chi connectivity index (χ0) is 21.4. The van der Waals surface area contributed by atoms with Crippen molar-refractivity contribution >= 4 is 39.1 Å². The summed E-state index contributed by atoms with van der Waals surface area (Å²) in [5, 5.41) is 15.7. The number of aromatic nitrogens is 5. The molecule has 3 aromatic heterocycles. The van der Waals surface area contributed by atoms with Crippen LogP contribution in [0.3, 0.4) is 0 Å². The first-order valence-corrected chi connectivity index (χ1v) is 10.1. The van der Waals surface area contributed by atoms with Crippen molar-refractivity contribution in [3.8, 4) is 0 Å². The molecule has 0 fully saturated rings. The Labute approximate surface area is 178 Å². The molecule has 5 rings (SSSR count). The average Bonchev–Trinajstić information content (AvgIpc) is 3.36. The van der Waals surface area contributed by atoms with Crippen LogP contribution in [0.5, 0.6) is 0 Å². The lowest BCUT2D eigenvalue weighted by Crippen LogP contribution is -2.08. The van der Waals surface area contributed by atoms with Gasteiger partial charge in [-0.05, 0) is 55.7 Å². The molecule has 0 spiro atoms. The molecule has 0 aliphatic heterocycles. The first kappa shape index (κ1) is 19.0. The summed E-state index contributed by atoms with van der Waals surface area (Å²) in [5.74, 6) is 1.20. The number of H-pyrrole nitrogens is 2. The fraction of sp³-hybridized carbons (Fsp3) is 0.174. The van der Waals surface area contributed by atoms with Gasteiger partial charge in [0.2, 0.25) is 0 Å². The highest BCUT2D eigenvalue weighted by Gasteiger charge is 2.13. The van der Waals surface area contributed by atoms with E-state index in [1.807, 2.05) is 44.2 Å². The van der Waals surface area contributed by atoms with Gasteiger partial charge < -0.3 is 15.6 Å². The summed E-state index contributed by atoms with van der Waals surface area (Å²) >= 11 is 0. The minimum atomic E-state index is -0.220. The third-order valence-electron chi connectivity index (χ3n) is 5.49. The maximum atomic E-state index is 14.2. The minimum Gasteiger partial charge on any atom is -0.370 e. The van der Waals surface area contributed by atoms with Crippen LogP contribution in [0.25, 0.3) is 21.8 Å². The highest BCUT2D eigenvalue weighted by atomic mass is 19.1. The van der Waals surface area contributed by atoms with Gasteiger partial charge in [0, 0.05) is 34.8 Å². The van der Waals surface area contributed by atoms with Crippen LogP contribution in [0.1, 0.15) is 16.8 Å². The van der Waals surface area contributed by atoms with E-state index in [0.29, 0.717) is 17.9 Å². The molecule has 156 valence electrons. The highest BCUT2D eigenvalue weighted by Crippen LogP contribution is 2.28. The van der Waals surface area contributed by atoms with Crippen LogP contribution >= 0.6 is 0 Å². The molecular formula is C23H22FN7. The maximum absolute atomic E-state index is 14.2. The Balaban J connectivity index is 1.29. The summed E-state index contributed by atoms with van der Waals surface area (Å²) in [7, 11) is 0. The van der Waals surface area contributed by atoms with Crippen molar-refractivity contribution < 1.29 is 4.39 Å². The van der Waals surface area contributed by atoms with Gasteiger partial charge in [-0.15, -0.1) is 0 Å². The smallest absolute Gasteiger partial charge is 0.147 e. The molecular weight excluding hydrogens is 393 g/mol. The molecule has 0 radical (unpaired) electrons. The first-order chi connectivity index (χ1) is 15.1. The second kappa shape index (κ2) is 7.71. The molecule has 8 heteroatoms. The third-order valence-corrected chi connectivity index (χ3v) is 5.49. The second-order valence-electron chi connectivity index (χ2n) is 7.61. The highest BCUT2D eigenvalue weighted by molar-refractivity contribution is 5.88. The minimum absolute atomic E-state index is 0.220. The monoisotopic (exact) mass is 415 g/mol. The van der Waals surface area contributed by atoms with E-state index in [4.69, 9.17) is 0 Å². The summed E-state index contributed by atoms with van der Waals surface area (Å²) in [6.07, 6.45) is 4.06. The fourth-order valence-electron chi connectivity index (χ4n) is 3.96. The zero-order valence-corrected chi connectivity index (χ0v) is 17.3. The number of halogens is 1. The summed E-state index contributed by atoms with van der Waals surface area (Å²) in [6.45, 7) is 4.66. The number of aromatic amines is 2. The molecule has 0 aliphatic carbocycles. The van der Waals surface area contributed by atoms with Crippen molar-refractivity contribution in [2.75, 3.05) is 17.2 Å². The van der Waals surface area contributed by atoms with Crippen LogP contribution < -0.4 is 10.6 Å². The lowest BCUT2D eigenvalue weighted by atomic mass is 10.0. The van der Waals surface area contributed by atoms with Crippen molar-refractivity contribution in [2.24, 2.45) is 0 Å². The summed E-state index contributed by atoms with van der Waals surface area (Å²) in [6, 6.07) is 11.2. The van der Waals surface area contributed by atoms with Crippen molar-refractivity contribution in [3.05, 3.63) is 71.6 Å². The molecule has 0 atom stereocenters. The molecule has 7 nitrogen and oxygen atoms in total. The van der Waals surface area contributed by atoms with Crippen LogP contribution in [0.2, 0.25) is 0 Å². The van der Waals surface area contributed by atoms with E-state index in [9.17, 15) is 4.39 Å². The lowest BCUT2D eigenvalue weighted by molar-refractivity contribution is 0.637. The van der Waals surface area contributed by atoms with Gasteiger partial charge in [0.1, 0.15) is 23.8 Å². The molecule has 0 saturated carbocycles. The number of rotatable bonds is 6. The third kappa shape index (κ3) is 3.68. The van der Waals surface area contributed by atoms with E-state index < -0.39 is 0 Å². The van der Waals surface area contributed by atoms with Crippen molar-refractivity contribution in [1.29, 1.82) is 0 Å². The largest absolute Gasteiger partial charge is 0.370 e. The molecule has 2 aromatic carbocycles. The van der Waals surface area contributed by atoms with Gasteiger partial charge in [-0.3, -0.25) is 5.10 Å². The topological polar surface area (TPSA) is 94.3 Å². The van der Waals surface area contributed by atoms with E-state index in [1.54, 1.807) is 6.20 Å². The molecule has 0 amide bonds. The Morgan fingerprint density at radius 3 is 2.81 bits per heavy atom. The van der Waals surface area contributed by atoms with Crippen LogP contribution in [-0.2, 0) is 6.42 Å². The SMILES string of the molecule is Cc1[nH]c2c(F)ccc(C)c2c1CCNc1cc(Nc2ccc3cn[nH]c3c2)ncn1. The van der Waals surface area contributed by atoms with Gasteiger partial charge in [0.05, 0.1) is 17.2 Å². The van der Waals surface area contributed by atoms with Crippen LogP contribution in [0.4, 0.5) is 21.7 Å². The number of nitrogens with one attached hydrogen (secondary N) is 4. The number of hydrogen-bond donors (Lipinski definition) is 4. The Morgan fingerprint density at radius 1 is 1.03 bits per heavy atom. The number of hydrogen-bond acceptors (Lipinski definition) is 5. The number of anilines is 3. The van der Waals surface area contributed by atoms with Crippen LogP contribution in [0.15, 0.2) is 48.9 Å². The number of nitrogens with zero attached hydrogens (tertiary/aromatic N) is 3. The molecule has 3 heterocycles. The van der Waals surface area contributed by atoms with E-state index >= 15 is 0 Å². The molecule has 31 heavy (non-hydrogen) atoms. The van der Waals surface area contributed by atoms with Crippen LogP contribution in [-0.4, -0.2) is 31.7 Å². The van der Waals surface area contributed by atoms with Gasteiger partial charge in [-0.25, -0.2) is 14.4 Å². The molecule has 4 N–H and O–H groups in total. The van der Waals surface area contributed by atoms with Crippen LogP contribution in [0, 0.1) is 19.7 Å². The predicted molar refractivity (Wildman–Crippen MR) is 121 cm³/mol. The van der Waals surface area contributed by atoms with Crippen molar-refractivity contribution in [1.82, 2.24) is 25.1 Å². The van der Waals surface area contributed by atoms with Gasteiger partial charge in [-0.1, -0.05) is 6.07 Å². The Kier molecular flexibility index (Phi) is 4.74. The van der Waals surface area contributed by atoms with Gasteiger partial charge in [0.25, 0.3) is 0 Å². The first-order valence-electron chi connectivity index (χ1n) is 10.1. The lowest BCUT2D eigenvalue weighted by Gasteiger charge is -2.09. The number of aryl methyl sites for hydroxylation is 2. The predicted octanol–water partition coefficient (Wildman–Crippen LogP) is 4.99. The van der Waals surface area contributed by atoms with Crippen molar-refractivity contribution in [3.63, 3.8) is 0 Å². The van der Waals surface area contributed by atoms with E-state index in [1.165, 1.54) is 12.4 Å².